The monoisotopic (exact) mass is 333 g/mol. The molecular formula is C20H19N3O2. The maximum Gasteiger partial charge on any atom is 0.117 e. The molecule has 4 aromatic rings. The quantitative estimate of drug-likeness (QED) is 0.507. The van der Waals surface area contributed by atoms with Crippen molar-refractivity contribution in [3.05, 3.63) is 96.6 Å². The van der Waals surface area contributed by atoms with Crippen LogP contribution in [0.1, 0.15) is 17.1 Å². The van der Waals surface area contributed by atoms with E-state index in [1.807, 2.05) is 65.5 Å². The van der Waals surface area contributed by atoms with Crippen molar-refractivity contribution in [3.63, 3.8) is 0 Å². The summed E-state index contributed by atoms with van der Waals surface area (Å²) < 4.78 is 12.9. The summed E-state index contributed by atoms with van der Waals surface area (Å²) >= 11 is 0. The third-order valence-corrected chi connectivity index (χ3v) is 3.98. The first-order valence-corrected chi connectivity index (χ1v) is 8.23. The van der Waals surface area contributed by atoms with Gasteiger partial charge in [0.05, 0.1) is 37.5 Å². The Kier molecular flexibility index (Phi) is 4.48. The van der Waals surface area contributed by atoms with Crippen LogP contribution < -0.4 is 0 Å². The number of para-hydroxylation sites is 1. The van der Waals surface area contributed by atoms with Gasteiger partial charge < -0.3 is 8.83 Å². The molecule has 3 aromatic heterocycles. The van der Waals surface area contributed by atoms with Gasteiger partial charge in [0.15, 0.2) is 0 Å². The zero-order valence-corrected chi connectivity index (χ0v) is 13.8. The summed E-state index contributed by atoms with van der Waals surface area (Å²) in [5.41, 5.74) is 2.19. The Hall–Kier alpha value is -3.05. The molecule has 0 atom stereocenters. The van der Waals surface area contributed by atoms with E-state index in [-0.39, 0.29) is 0 Å². The summed E-state index contributed by atoms with van der Waals surface area (Å²) in [6, 6.07) is 17.9. The fourth-order valence-corrected chi connectivity index (χ4v) is 2.84. The van der Waals surface area contributed by atoms with Crippen LogP contribution in [0.2, 0.25) is 0 Å². The smallest absolute Gasteiger partial charge is 0.117 e. The van der Waals surface area contributed by atoms with Crippen molar-refractivity contribution >= 4 is 0 Å². The third kappa shape index (κ3) is 3.89. The van der Waals surface area contributed by atoms with Crippen LogP contribution in [0.4, 0.5) is 0 Å². The minimum absolute atomic E-state index is 0.713. The molecule has 0 unspecified atom stereocenters. The Morgan fingerprint density at radius 3 is 2.08 bits per heavy atom. The van der Waals surface area contributed by atoms with Crippen LogP contribution in [0, 0.1) is 0 Å². The lowest BCUT2D eigenvalue weighted by Gasteiger charge is -2.19. The van der Waals surface area contributed by atoms with Crippen molar-refractivity contribution < 1.29 is 8.83 Å². The number of hydrogen-bond acceptors (Lipinski definition) is 4. The summed E-state index contributed by atoms with van der Waals surface area (Å²) in [6.45, 7) is 2.18. The molecule has 0 aliphatic carbocycles. The molecule has 4 rings (SSSR count). The van der Waals surface area contributed by atoms with Gasteiger partial charge in [0.2, 0.25) is 0 Å². The minimum Gasteiger partial charge on any atom is -0.468 e. The van der Waals surface area contributed by atoms with Crippen molar-refractivity contribution in [2.45, 2.75) is 19.6 Å². The van der Waals surface area contributed by atoms with Crippen molar-refractivity contribution in [1.82, 2.24) is 14.7 Å². The molecule has 126 valence electrons. The Morgan fingerprint density at radius 1 is 0.800 bits per heavy atom. The van der Waals surface area contributed by atoms with Gasteiger partial charge in [-0.25, -0.2) is 4.68 Å². The van der Waals surface area contributed by atoms with Gasteiger partial charge in [0.25, 0.3) is 0 Å². The predicted octanol–water partition coefficient (Wildman–Crippen LogP) is 4.26. The van der Waals surface area contributed by atoms with Gasteiger partial charge in [-0.1, -0.05) is 18.2 Å². The summed E-state index contributed by atoms with van der Waals surface area (Å²) in [7, 11) is 0. The lowest BCUT2D eigenvalue weighted by molar-refractivity contribution is 0.209. The van der Waals surface area contributed by atoms with Gasteiger partial charge >= 0.3 is 0 Å². The first-order chi connectivity index (χ1) is 12.4. The second kappa shape index (κ2) is 7.23. The Balaban J connectivity index is 1.50. The van der Waals surface area contributed by atoms with Gasteiger partial charge in [0, 0.05) is 18.3 Å². The predicted molar refractivity (Wildman–Crippen MR) is 93.9 cm³/mol. The van der Waals surface area contributed by atoms with E-state index in [0.29, 0.717) is 13.1 Å². The minimum atomic E-state index is 0.713. The van der Waals surface area contributed by atoms with Crippen LogP contribution in [0.5, 0.6) is 0 Å². The van der Waals surface area contributed by atoms with E-state index in [9.17, 15) is 0 Å². The van der Waals surface area contributed by atoms with Crippen LogP contribution in [-0.4, -0.2) is 14.7 Å². The second-order valence-corrected chi connectivity index (χ2v) is 5.93. The molecule has 0 fully saturated rings. The number of hydrogen-bond donors (Lipinski definition) is 0. The summed E-state index contributed by atoms with van der Waals surface area (Å²) in [5.74, 6) is 1.86. The Morgan fingerprint density at radius 2 is 1.48 bits per heavy atom. The van der Waals surface area contributed by atoms with Crippen LogP contribution in [0.3, 0.4) is 0 Å². The zero-order valence-electron chi connectivity index (χ0n) is 13.8. The molecule has 0 aliphatic heterocycles. The number of benzene rings is 1. The summed E-state index contributed by atoms with van der Waals surface area (Å²) in [6.07, 6.45) is 7.37. The maximum atomic E-state index is 5.50. The third-order valence-electron chi connectivity index (χ3n) is 3.98. The van der Waals surface area contributed by atoms with Crippen molar-refractivity contribution in [2.75, 3.05) is 0 Å². The highest BCUT2D eigenvalue weighted by atomic mass is 16.3. The van der Waals surface area contributed by atoms with Gasteiger partial charge in [-0.15, -0.1) is 0 Å². The van der Waals surface area contributed by atoms with E-state index in [4.69, 9.17) is 8.83 Å². The maximum absolute atomic E-state index is 5.50. The molecule has 0 amide bonds. The molecule has 0 saturated heterocycles. The first kappa shape index (κ1) is 15.5. The normalized spacial score (nSPS) is 11.2. The van der Waals surface area contributed by atoms with Crippen LogP contribution in [-0.2, 0) is 19.6 Å². The van der Waals surface area contributed by atoms with Gasteiger partial charge in [-0.3, -0.25) is 4.90 Å². The number of nitrogens with zero attached hydrogens (tertiary/aromatic N) is 3. The van der Waals surface area contributed by atoms with Crippen LogP contribution >= 0.6 is 0 Å². The molecule has 3 heterocycles. The number of aromatic nitrogens is 2. The molecule has 25 heavy (non-hydrogen) atoms. The Labute approximate surface area is 146 Å². The molecule has 5 heteroatoms. The van der Waals surface area contributed by atoms with E-state index in [1.165, 1.54) is 0 Å². The van der Waals surface area contributed by atoms with Gasteiger partial charge in [-0.05, 0) is 36.4 Å². The fourth-order valence-electron chi connectivity index (χ4n) is 2.84. The second-order valence-electron chi connectivity index (χ2n) is 5.93. The summed E-state index contributed by atoms with van der Waals surface area (Å²) in [5, 5.41) is 4.48. The standard InChI is InChI=1S/C20H19N3O2/c1-2-6-18(7-3-1)23-14-17(12-21-23)13-22(15-19-8-4-10-24-19)16-20-9-5-11-25-20/h1-12,14H,13,15-16H2. The highest BCUT2D eigenvalue weighted by Gasteiger charge is 2.13. The van der Waals surface area contributed by atoms with E-state index in [0.717, 1.165) is 29.3 Å². The van der Waals surface area contributed by atoms with Crippen molar-refractivity contribution in [2.24, 2.45) is 0 Å². The highest BCUT2D eigenvalue weighted by molar-refractivity contribution is 5.30. The van der Waals surface area contributed by atoms with Crippen LogP contribution in [0.15, 0.2) is 88.4 Å². The van der Waals surface area contributed by atoms with E-state index >= 15 is 0 Å². The fraction of sp³-hybridized carbons (Fsp3) is 0.150. The molecule has 0 spiro atoms. The van der Waals surface area contributed by atoms with Gasteiger partial charge in [0.1, 0.15) is 11.5 Å². The zero-order chi connectivity index (χ0) is 16.9. The van der Waals surface area contributed by atoms with Crippen molar-refractivity contribution in [1.29, 1.82) is 0 Å². The molecule has 0 saturated carbocycles. The molecule has 0 bridgehead atoms. The SMILES string of the molecule is c1ccc(-n2cc(CN(Cc3ccco3)Cc3ccco3)cn2)cc1. The van der Waals surface area contributed by atoms with Gasteiger partial charge in [-0.2, -0.15) is 5.10 Å². The molecule has 0 aliphatic rings. The van der Waals surface area contributed by atoms with Crippen LogP contribution in [0.25, 0.3) is 5.69 Å². The largest absolute Gasteiger partial charge is 0.468 e. The molecular weight excluding hydrogens is 314 g/mol. The highest BCUT2D eigenvalue weighted by Crippen LogP contribution is 2.16. The number of rotatable bonds is 7. The van der Waals surface area contributed by atoms with E-state index < -0.39 is 0 Å². The molecule has 5 nitrogen and oxygen atoms in total. The molecule has 1 aromatic carbocycles. The lowest BCUT2D eigenvalue weighted by atomic mass is 10.2. The van der Waals surface area contributed by atoms with E-state index in [2.05, 4.69) is 16.2 Å². The number of furan rings is 2. The van der Waals surface area contributed by atoms with Crippen molar-refractivity contribution in [3.8, 4) is 5.69 Å². The topological polar surface area (TPSA) is 47.3 Å². The average molecular weight is 333 g/mol. The molecule has 0 N–H and O–H groups in total. The van der Waals surface area contributed by atoms with E-state index in [1.54, 1.807) is 12.5 Å². The lowest BCUT2D eigenvalue weighted by Crippen LogP contribution is -2.21. The molecule has 0 radical (unpaired) electrons. The Bertz CT molecular complexity index is 844. The first-order valence-electron chi connectivity index (χ1n) is 8.23. The summed E-state index contributed by atoms with van der Waals surface area (Å²) in [4.78, 5) is 2.27. The average Bonchev–Trinajstić information content (AvgIpc) is 3.38.